The van der Waals surface area contributed by atoms with Crippen molar-refractivity contribution in [3.05, 3.63) is 295 Å². The maximum absolute atomic E-state index is 14.8. The number of pyridine rings is 2. The van der Waals surface area contributed by atoms with Crippen LogP contribution in [0.1, 0.15) is 75.1 Å². The van der Waals surface area contributed by atoms with E-state index in [9.17, 15) is 80.6 Å². The molecular formula is C79H53N13O32S8. The monoisotopic (exact) mass is 1950 g/mol. The molecule has 14 aromatic rings. The van der Waals surface area contributed by atoms with Gasteiger partial charge in [-0.3, -0.25) is 47.0 Å². The van der Waals surface area contributed by atoms with Gasteiger partial charge in [0, 0.05) is 86.1 Å². The van der Waals surface area contributed by atoms with E-state index in [0.717, 1.165) is 36.4 Å². The Bertz CT molecular complexity index is 8150. The highest BCUT2D eigenvalue weighted by Gasteiger charge is 2.37. The molecule has 0 spiro atoms. The molecule has 11 N–H and O–H groups in total. The molecule has 53 heteroatoms. The Morgan fingerprint density at radius 2 is 0.773 bits per heavy atom. The van der Waals surface area contributed by atoms with Crippen LogP contribution in [0.15, 0.2) is 248 Å². The van der Waals surface area contributed by atoms with E-state index in [1.165, 1.54) is 78.9 Å². The number of fused-ring (bicyclic) bond motifs is 4. The largest absolute Gasteiger partial charge is 0.425 e. The number of hydrogen-bond acceptors (Lipinski definition) is 39. The van der Waals surface area contributed by atoms with E-state index in [4.69, 9.17) is 60.0 Å². The fourth-order valence-corrected chi connectivity index (χ4v) is 16.0. The third-order valence-electron chi connectivity index (χ3n) is 18.6. The average Bonchev–Trinajstić information content (AvgIpc) is 0.716. The van der Waals surface area contributed by atoms with E-state index < -0.39 is 155 Å². The maximum atomic E-state index is 14.8. The van der Waals surface area contributed by atoms with Gasteiger partial charge in [-0.2, -0.15) is 63.6 Å². The lowest BCUT2D eigenvalue weighted by atomic mass is 9.80. The molecule has 0 bridgehead atoms. The number of hydrogen-bond donors (Lipinski definition) is 11. The highest BCUT2D eigenvalue weighted by atomic mass is 32.2. The van der Waals surface area contributed by atoms with Crippen molar-refractivity contribution in [3.63, 3.8) is 0 Å². The summed E-state index contributed by atoms with van der Waals surface area (Å²) in [6.07, 6.45) is -0.424. The molecule has 0 aliphatic heterocycles. The molecule has 2 aliphatic rings. The summed E-state index contributed by atoms with van der Waals surface area (Å²) in [4.78, 5) is 116. The van der Waals surface area contributed by atoms with Gasteiger partial charge in [-0.25, -0.2) is 0 Å². The molecule has 4 heterocycles. The van der Waals surface area contributed by atoms with E-state index in [-0.39, 0.29) is 166 Å². The number of rotatable bonds is 25. The number of aromatic amines is 2. The zero-order valence-corrected chi connectivity index (χ0v) is 72.1. The molecule has 0 amide bonds. The number of carbonyl (C=O) groups excluding carboxylic acids is 4. The zero-order valence-electron chi connectivity index (χ0n) is 65.6. The normalized spacial score (nSPS) is 11.6. The minimum absolute atomic E-state index is 0.00506. The van der Waals surface area contributed by atoms with Gasteiger partial charge in [-0.05, 0) is 126 Å². The van der Waals surface area contributed by atoms with Gasteiger partial charge in [0.05, 0.1) is 54.0 Å². The Morgan fingerprint density at radius 1 is 0.356 bits per heavy atom. The van der Waals surface area contributed by atoms with Crippen molar-refractivity contribution in [2.75, 3.05) is 39.7 Å². The minimum atomic E-state index is -5.13. The lowest BCUT2D eigenvalue weighted by Crippen LogP contribution is -2.24. The summed E-state index contributed by atoms with van der Waals surface area (Å²) in [5.74, 6) is -3.23. The number of anilines is 8. The summed E-state index contributed by atoms with van der Waals surface area (Å²) in [6, 6.07) is 50.2. The van der Waals surface area contributed by atoms with Crippen LogP contribution in [0.3, 0.4) is 0 Å². The maximum Gasteiger partial charge on any atom is 0.425 e. The average molecular weight is 1950 g/mol. The Hall–Kier alpha value is -16.0. The number of carbonyl (C=O) groups is 4. The molecule has 10 aromatic carbocycles. The number of nitrogens with zero attached hydrogens (tertiary/aromatic N) is 6. The first-order valence-corrected chi connectivity index (χ1v) is 46.2. The quantitative estimate of drug-likeness (QED) is 0.0150. The van der Waals surface area contributed by atoms with Gasteiger partial charge >= 0.3 is 54.5 Å². The summed E-state index contributed by atoms with van der Waals surface area (Å²) >= 11 is 0. The fourth-order valence-electron chi connectivity index (χ4n) is 13.6. The lowest BCUT2D eigenvalue weighted by molar-refractivity contribution is 0.102. The third kappa shape index (κ3) is 22.8. The second-order valence-corrected chi connectivity index (χ2v) is 34.1. The van der Waals surface area contributed by atoms with Crippen LogP contribution in [0.5, 0.6) is 23.5 Å². The molecular weight excluding hydrogens is 1900 g/mol. The van der Waals surface area contributed by atoms with Gasteiger partial charge in [0.2, 0.25) is 17.8 Å². The highest BCUT2D eigenvalue weighted by Crippen LogP contribution is 2.47. The Kier molecular flexibility index (Phi) is 28.6. The Morgan fingerprint density at radius 3 is 1.27 bits per heavy atom. The summed E-state index contributed by atoms with van der Waals surface area (Å²) in [5.41, 5.74) is -1.46. The molecule has 16 rings (SSSR count). The Balaban J connectivity index is 0.000000911. The first-order valence-electron chi connectivity index (χ1n) is 36.4. The molecule has 0 saturated carbocycles. The molecule has 45 nitrogen and oxygen atoms in total. The van der Waals surface area contributed by atoms with Crippen molar-refractivity contribution in [3.8, 4) is 45.8 Å². The SMILES string of the molecule is O=C(c1ccccc1)c1c2c3c(c(Nc4ccc(S(=O)(=O)O)c(Cc5nc(NCCNc6nc(Nc7ccc(S(=O)(=O)O)c(Nc8ccc9[nH]c(=O)c(C(=O)c%10cccc(S(=O)(=O)O)c%10)c%10c9c8C(=O)c8ccccc8-%10)c7)nc(Oc7ccc(S(=O)(=O)O)cc7)n6)nc(Oc6ccccc6)n5)c4)ccc3[nH]c1=O)C(=O)c1ccccc1-2.O=S(=O)=O.O=S(=O)=O.O=S(=O)=O.O=S(=O)=O. The van der Waals surface area contributed by atoms with Crippen molar-refractivity contribution < 1.29 is 131 Å². The Labute approximate surface area is 746 Å². The van der Waals surface area contributed by atoms with Gasteiger partial charge in [-0.15, -0.1) is 50.5 Å². The number of ether oxygens (including phenoxy) is 2. The molecule has 2 aliphatic carbocycles. The molecule has 0 saturated heterocycles. The van der Waals surface area contributed by atoms with Gasteiger partial charge in [0.15, 0.2) is 23.1 Å². The van der Waals surface area contributed by atoms with Crippen LogP contribution >= 0.6 is 0 Å². The molecule has 4 aromatic heterocycles. The molecule has 0 radical (unpaired) electrons. The summed E-state index contributed by atoms with van der Waals surface area (Å²) in [5, 5.41) is 15.4. The van der Waals surface area contributed by atoms with Gasteiger partial charge < -0.3 is 46.0 Å². The molecule has 674 valence electrons. The molecule has 0 unspecified atom stereocenters. The number of H-pyrrole nitrogens is 2. The van der Waals surface area contributed by atoms with E-state index >= 15 is 0 Å². The number of nitrogens with one attached hydrogen (secondary N) is 7. The van der Waals surface area contributed by atoms with E-state index in [2.05, 4.69) is 66.5 Å². The van der Waals surface area contributed by atoms with Crippen LogP contribution in [-0.4, -0.2) is 178 Å². The highest BCUT2D eigenvalue weighted by molar-refractivity contribution is 7.86. The van der Waals surface area contributed by atoms with Crippen LogP contribution in [0.2, 0.25) is 0 Å². The van der Waals surface area contributed by atoms with Crippen molar-refractivity contribution >= 4 is 174 Å². The summed E-state index contributed by atoms with van der Waals surface area (Å²) in [6.45, 7) is -0.187. The first kappa shape index (κ1) is 95.2. The van der Waals surface area contributed by atoms with Crippen LogP contribution in [0, 0.1) is 0 Å². The van der Waals surface area contributed by atoms with Crippen molar-refractivity contribution in [1.29, 1.82) is 0 Å². The van der Waals surface area contributed by atoms with Crippen molar-refractivity contribution in [2.45, 2.75) is 26.0 Å². The third-order valence-corrected chi connectivity index (χ3v) is 22.2. The second-order valence-electron chi connectivity index (χ2n) is 26.8. The van der Waals surface area contributed by atoms with Gasteiger partial charge in [-0.1, -0.05) is 109 Å². The molecule has 0 atom stereocenters. The summed E-state index contributed by atoms with van der Waals surface area (Å²) < 4.78 is 256. The smallest absolute Gasteiger partial charge is 0.424 e. The first-order chi connectivity index (χ1) is 62.4. The molecule has 132 heavy (non-hydrogen) atoms. The predicted molar refractivity (Wildman–Crippen MR) is 460 cm³/mol. The van der Waals surface area contributed by atoms with Crippen LogP contribution in [0.4, 0.5) is 46.3 Å². The standard InChI is InChI=1S/C79H53N13O20S4.4O3S/c93-69(40-12-3-1-4-13-40)67-61-49-18-7-9-20-51(49)71(95)65-55(30-28-53(63(61)65)85-73(67)97)82-43-22-32-58(115(105,106)107)42(36-43)38-60-87-75(90-78(88-60)111-45-15-5-2-6-16-45)80-34-35-81-76-89-77(92-79(91-76)112-46-24-26-47(27-25-46)113(99,100)101)83-44-23-33-59(116(108,109)110)57(39-44)84-56-31-29-54-64-62(50-19-8-10-21-52(50)72(96)66(56)64)68(74(98)86-54)70(94)41-14-11-17-48(37-41)114(102,103)104;4*1-4(2)3/h1-33,36-37,39,82,84H,34-35,38H2,(H,85,97)(H,86,98)(H,99,100,101)(H,102,103,104)(H,105,106,107)(H,108,109,110)(H,80,87,88,90)(H2,81,83,89,91,92);;;;. The van der Waals surface area contributed by atoms with E-state index in [1.807, 2.05) is 0 Å². The van der Waals surface area contributed by atoms with Crippen LogP contribution < -0.4 is 47.2 Å². The molecule has 0 fully saturated rings. The number of benzene rings is 10. The zero-order chi connectivity index (χ0) is 95.6. The number of ketones is 4. The van der Waals surface area contributed by atoms with Crippen molar-refractivity contribution in [1.82, 2.24) is 39.9 Å². The number of aromatic nitrogens is 8. The van der Waals surface area contributed by atoms with Crippen LogP contribution in [0.25, 0.3) is 44.1 Å². The van der Waals surface area contributed by atoms with Gasteiger partial charge in [0.1, 0.15) is 22.2 Å². The van der Waals surface area contributed by atoms with E-state index in [0.29, 0.717) is 5.56 Å². The fraction of sp³-hybridized carbons (Fsp3) is 0.0380. The van der Waals surface area contributed by atoms with E-state index in [1.54, 1.807) is 103 Å². The predicted octanol–water partition coefficient (Wildman–Crippen LogP) is 7.53. The number of para-hydroxylation sites is 1. The second kappa shape index (κ2) is 39.7. The topological polar surface area (TPSA) is 712 Å². The lowest BCUT2D eigenvalue weighted by Gasteiger charge is -2.24. The minimum Gasteiger partial charge on any atom is -0.424 e. The van der Waals surface area contributed by atoms with Crippen LogP contribution in [-0.2, 0) is 89.3 Å². The summed E-state index contributed by atoms with van der Waals surface area (Å²) in [7, 11) is -32.1. The van der Waals surface area contributed by atoms with Crippen molar-refractivity contribution in [2.24, 2.45) is 0 Å². The van der Waals surface area contributed by atoms with Gasteiger partial charge in [0.25, 0.3) is 51.6 Å².